The second-order valence-electron chi connectivity index (χ2n) is 2.43. The molecule has 80 valence electrons. The van der Waals surface area contributed by atoms with E-state index in [0.29, 0.717) is 0 Å². The molecule has 1 aromatic carbocycles. The van der Waals surface area contributed by atoms with Gasteiger partial charge in [0.2, 0.25) is 5.76 Å². The zero-order chi connectivity index (χ0) is 11.1. The Hall–Kier alpha value is -0.770. The Morgan fingerprint density at radius 2 is 1.40 bits per heavy atom. The molecule has 0 saturated heterocycles. The fourth-order valence-electron chi connectivity index (χ4n) is 0.677. The van der Waals surface area contributed by atoms with Gasteiger partial charge in [0.1, 0.15) is 0 Å². The Labute approximate surface area is 102 Å². The first-order valence-electron chi connectivity index (χ1n) is 3.95. The molecular weight excluding hydrogens is 258 g/mol. The van der Waals surface area contributed by atoms with E-state index in [1.165, 1.54) is 6.20 Å². The van der Waals surface area contributed by atoms with E-state index in [2.05, 4.69) is 14.9 Å². The summed E-state index contributed by atoms with van der Waals surface area (Å²) in [6.45, 7) is 0. The van der Waals surface area contributed by atoms with Crippen LogP contribution in [0.2, 0.25) is 0 Å². The van der Waals surface area contributed by atoms with Crippen molar-refractivity contribution in [1.82, 2.24) is 10.4 Å². The normalized spacial score (nSPS) is 10.3. The summed E-state index contributed by atoms with van der Waals surface area (Å²) in [5, 5.41) is 6.43. The third-order valence-electron chi connectivity index (χ3n) is 1.31. The van der Waals surface area contributed by atoms with Gasteiger partial charge in [0, 0.05) is 5.27 Å². The van der Waals surface area contributed by atoms with Crippen LogP contribution in [0.15, 0.2) is 47.1 Å². The second-order valence-corrected chi connectivity index (χ2v) is 4.72. The van der Waals surface area contributed by atoms with Gasteiger partial charge in [-0.2, -0.15) is 0 Å². The van der Waals surface area contributed by atoms with Crippen molar-refractivity contribution in [2.75, 3.05) is 0 Å². The van der Waals surface area contributed by atoms with Gasteiger partial charge >= 0.3 is 0 Å². The summed E-state index contributed by atoms with van der Waals surface area (Å²) < 4.78 is 2.89. The highest BCUT2D eigenvalue weighted by Gasteiger charge is 2.27. The zero-order valence-electron chi connectivity index (χ0n) is 7.48. The van der Waals surface area contributed by atoms with Gasteiger partial charge in [-0.3, -0.25) is 0 Å². The molecule has 0 spiro atoms. The van der Waals surface area contributed by atoms with Gasteiger partial charge in [-0.15, -0.1) is 5.10 Å². The monoisotopic (exact) mass is 264 g/mol. The molecule has 0 bridgehead atoms. The molecule has 3 nitrogen and oxygen atoms in total. The molecule has 1 heterocycles. The quantitative estimate of drug-likeness (QED) is 0.683. The van der Waals surface area contributed by atoms with Gasteiger partial charge < -0.3 is 4.52 Å². The lowest BCUT2D eigenvalue weighted by Crippen LogP contribution is -1.96. The van der Waals surface area contributed by atoms with Crippen LogP contribution in [0, 0.1) is 0 Å². The Balaban J connectivity index is 0.000000162. The van der Waals surface area contributed by atoms with Gasteiger partial charge in [0.25, 0.3) is 3.79 Å². The van der Waals surface area contributed by atoms with Gasteiger partial charge in [0.15, 0.2) is 0 Å². The molecule has 0 amide bonds. The maximum atomic E-state index is 5.36. The third kappa shape index (κ3) is 5.02. The van der Waals surface area contributed by atoms with Crippen LogP contribution in [0.3, 0.4) is 0 Å². The largest absolute Gasteiger partial charge is 0.337 e. The molecule has 0 fully saturated rings. The molecule has 2 rings (SSSR count). The van der Waals surface area contributed by atoms with Gasteiger partial charge in [-0.1, -0.05) is 71.2 Å². The molecule has 0 aliphatic carbocycles. The number of halogens is 3. The van der Waals surface area contributed by atoms with Crippen LogP contribution in [0.25, 0.3) is 0 Å². The summed E-state index contributed by atoms with van der Waals surface area (Å²) in [5.74, 6) is 0.118. The average Bonchev–Trinajstić information content (AvgIpc) is 2.73. The van der Waals surface area contributed by atoms with E-state index in [1.54, 1.807) is 0 Å². The molecule has 0 aliphatic rings. The van der Waals surface area contributed by atoms with E-state index in [9.17, 15) is 0 Å². The number of aromatic nitrogens is 2. The maximum absolute atomic E-state index is 5.36. The van der Waals surface area contributed by atoms with Crippen molar-refractivity contribution >= 4 is 34.8 Å². The molecule has 0 unspecified atom stereocenters. The molecule has 0 N–H and O–H groups in total. The summed E-state index contributed by atoms with van der Waals surface area (Å²) in [4.78, 5) is 0. The fraction of sp³-hybridized carbons (Fsp3) is 0.111. The predicted octanol–water partition coefficient (Wildman–Crippen LogP) is 3.58. The van der Waals surface area contributed by atoms with E-state index in [0.717, 1.165) is 0 Å². The first kappa shape index (κ1) is 12.3. The SMILES string of the molecule is ClC(Cl)(Cl)c1cnno1.c1ccccc1. The average molecular weight is 266 g/mol. The second kappa shape index (κ2) is 5.95. The van der Waals surface area contributed by atoms with E-state index in [4.69, 9.17) is 34.8 Å². The lowest BCUT2D eigenvalue weighted by Gasteiger charge is -2.01. The van der Waals surface area contributed by atoms with Crippen molar-refractivity contribution in [3.63, 3.8) is 0 Å². The number of hydrogen-bond acceptors (Lipinski definition) is 3. The van der Waals surface area contributed by atoms with E-state index < -0.39 is 3.79 Å². The summed E-state index contributed by atoms with van der Waals surface area (Å²) in [6, 6.07) is 12.0. The molecule has 0 radical (unpaired) electrons. The van der Waals surface area contributed by atoms with E-state index in [1.807, 2.05) is 36.4 Å². The Morgan fingerprint density at radius 3 is 1.60 bits per heavy atom. The fourth-order valence-corrected chi connectivity index (χ4v) is 0.927. The lowest BCUT2D eigenvalue weighted by atomic mass is 10.4. The number of nitrogens with zero attached hydrogens (tertiary/aromatic N) is 2. The van der Waals surface area contributed by atoms with Crippen molar-refractivity contribution in [2.24, 2.45) is 0 Å². The van der Waals surface area contributed by atoms with Crippen LogP contribution in [0.1, 0.15) is 5.76 Å². The Morgan fingerprint density at radius 1 is 0.933 bits per heavy atom. The van der Waals surface area contributed by atoms with Crippen LogP contribution in [0.4, 0.5) is 0 Å². The van der Waals surface area contributed by atoms with Crippen LogP contribution < -0.4 is 0 Å². The number of alkyl halides is 3. The summed E-state index contributed by atoms with van der Waals surface area (Å²) in [5.41, 5.74) is 0. The van der Waals surface area contributed by atoms with Crippen LogP contribution >= 0.6 is 34.8 Å². The van der Waals surface area contributed by atoms with Crippen molar-refractivity contribution in [2.45, 2.75) is 3.79 Å². The maximum Gasteiger partial charge on any atom is 0.252 e. The summed E-state index contributed by atoms with van der Waals surface area (Å²) >= 11 is 16.1. The van der Waals surface area contributed by atoms with Crippen molar-refractivity contribution < 1.29 is 4.52 Å². The Kier molecular flexibility index (Phi) is 4.88. The van der Waals surface area contributed by atoms with Crippen molar-refractivity contribution in [3.05, 3.63) is 48.4 Å². The Bertz CT molecular complexity index is 332. The molecule has 0 aliphatic heterocycles. The lowest BCUT2D eigenvalue weighted by molar-refractivity contribution is 0.365. The first-order valence-corrected chi connectivity index (χ1v) is 5.08. The molecule has 15 heavy (non-hydrogen) atoms. The minimum absolute atomic E-state index is 0.118. The molecule has 1 aromatic heterocycles. The zero-order valence-corrected chi connectivity index (χ0v) is 9.75. The minimum Gasteiger partial charge on any atom is -0.337 e. The van der Waals surface area contributed by atoms with Crippen molar-refractivity contribution in [3.8, 4) is 0 Å². The van der Waals surface area contributed by atoms with E-state index in [-0.39, 0.29) is 5.76 Å². The number of hydrogen-bond donors (Lipinski definition) is 0. The number of benzene rings is 1. The molecular formula is C9H7Cl3N2O. The first-order chi connectivity index (χ1) is 7.11. The van der Waals surface area contributed by atoms with Crippen LogP contribution in [0.5, 0.6) is 0 Å². The highest BCUT2D eigenvalue weighted by atomic mass is 35.6. The topological polar surface area (TPSA) is 38.9 Å². The van der Waals surface area contributed by atoms with Gasteiger partial charge in [0.05, 0.1) is 6.20 Å². The molecule has 2 aromatic rings. The molecule has 0 saturated carbocycles. The highest BCUT2D eigenvalue weighted by molar-refractivity contribution is 6.66. The van der Waals surface area contributed by atoms with Gasteiger partial charge in [-0.25, -0.2) is 0 Å². The summed E-state index contributed by atoms with van der Waals surface area (Å²) in [7, 11) is 0. The highest BCUT2D eigenvalue weighted by Crippen LogP contribution is 2.37. The third-order valence-corrected chi connectivity index (χ3v) is 1.87. The smallest absolute Gasteiger partial charge is 0.252 e. The van der Waals surface area contributed by atoms with Crippen molar-refractivity contribution in [1.29, 1.82) is 0 Å². The minimum atomic E-state index is -1.55. The molecule has 0 atom stereocenters. The van der Waals surface area contributed by atoms with Gasteiger partial charge in [-0.05, 0) is 0 Å². The van der Waals surface area contributed by atoms with Crippen LogP contribution in [-0.2, 0) is 3.79 Å². The summed E-state index contributed by atoms with van der Waals surface area (Å²) in [6.07, 6.45) is 1.24. The standard InChI is InChI=1S/C6H6.C3HCl3N2O/c1-2-4-6-5-3-1;4-3(5,6)2-1-7-8-9-2/h1-6H;1H. The predicted molar refractivity (Wildman–Crippen MR) is 60.0 cm³/mol. The molecule has 6 heteroatoms. The number of rotatable bonds is 0. The van der Waals surface area contributed by atoms with Crippen LogP contribution in [-0.4, -0.2) is 10.4 Å². The van der Waals surface area contributed by atoms with E-state index >= 15 is 0 Å².